The molecule has 4 rings (SSSR count). The van der Waals surface area contributed by atoms with Gasteiger partial charge in [0.25, 0.3) is 23.1 Å². The van der Waals surface area contributed by atoms with Crippen LogP contribution in [-0.2, 0) is 14.4 Å². The Kier molecular flexibility index (Phi) is 6.90. The van der Waals surface area contributed by atoms with Gasteiger partial charge in [-0.1, -0.05) is 12.1 Å². The first kappa shape index (κ1) is 24.4. The first-order chi connectivity index (χ1) is 16.7. The molecule has 182 valence electrons. The maximum absolute atomic E-state index is 12.8. The molecule has 1 saturated heterocycles. The highest BCUT2D eigenvalue weighted by atomic mass is 32.2. The molecular formula is C20H17N5O8S2. The molecule has 35 heavy (non-hydrogen) atoms. The van der Waals surface area contributed by atoms with Gasteiger partial charge in [0.1, 0.15) is 22.1 Å². The van der Waals surface area contributed by atoms with Gasteiger partial charge >= 0.3 is 5.97 Å². The number of fused-ring (bicyclic) bond motifs is 1. The molecule has 4 N–H and O–H groups in total. The fourth-order valence-electron chi connectivity index (χ4n) is 3.63. The van der Waals surface area contributed by atoms with Crippen LogP contribution in [-0.4, -0.2) is 70.9 Å². The summed E-state index contributed by atoms with van der Waals surface area (Å²) in [6.07, 6.45) is -1.89. The van der Waals surface area contributed by atoms with Crippen LogP contribution in [0, 0.1) is 10.1 Å². The number of aliphatic carboxylic acids is 1. The van der Waals surface area contributed by atoms with Crippen LogP contribution in [0.1, 0.15) is 11.7 Å². The molecule has 15 heteroatoms. The first-order valence-corrected chi connectivity index (χ1v) is 12.0. The van der Waals surface area contributed by atoms with Gasteiger partial charge in [0.2, 0.25) is 0 Å². The molecule has 1 aromatic carbocycles. The van der Waals surface area contributed by atoms with Gasteiger partial charge in [0.05, 0.1) is 10.5 Å². The van der Waals surface area contributed by atoms with Crippen LogP contribution < -0.4 is 10.9 Å². The van der Waals surface area contributed by atoms with Crippen molar-refractivity contribution >= 4 is 47.0 Å². The molecule has 0 spiro atoms. The Morgan fingerprint density at radius 2 is 2.06 bits per heavy atom. The predicted octanol–water partition coefficient (Wildman–Crippen LogP) is 0.242. The average Bonchev–Trinajstić information content (AvgIpc) is 2.85. The fraction of sp³-hybridized carbons (Fsp3) is 0.250. The monoisotopic (exact) mass is 519 g/mol. The van der Waals surface area contributed by atoms with E-state index in [9.17, 15) is 39.5 Å². The van der Waals surface area contributed by atoms with E-state index in [4.69, 9.17) is 0 Å². The molecule has 2 aromatic rings. The summed E-state index contributed by atoms with van der Waals surface area (Å²) in [6.45, 7) is 0. The number of carboxylic acid groups (broad SMARTS) is 1. The van der Waals surface area contributed by atoms with Crippen molar-refractivity contribution in [3.05, 3.63) is 73.7 Å². The second kappa shape index (κ2) is 9.89. The van der Waals surface area contributed by atoms with Crippen LogP contribution >= 0.6 is 23.5 Å². The Hall–Kier alpha value is -3.69. The minimum Gasteiger partial charge on any atom is -0.477 e. The molecule has 2 aliphatic rings. The van der Waals surface area contributed by atoms with Gasteiger partial charge < -0.3 is 15.5 Å². The topological polar surface area (TPSA) is 196 Å². The summed E-state index contributed by atoms with van der Waals surface area (Å²) in [5.74, 6) is -2.53. The van der Waals surface area contributed by atoms with Gasteiger partial charge in [-0.2, -0.15) is 5.10 Å². The molecule has 0 saturated carbocycles. The molecule has 3 atom stereocenters. The molecule has 0 bridgehead atoms. The number of β-lactam (4-membered cyclic amide) rings is 1. The first-order valence-electron chi connectivity index (χ1n) is 9.99. The van der Waals surface area contributed by atoms with E-state index in [1.807, 2.05) is 0 Å². The number of carbonyl (C=O) groups excluding carboxylic acids is 2. The fourth-order valence-corrected chi connectivity index (χ4v) is 5.94. The second-order valence-electron chi connectivity index (χ2n) is 7.42. The van der Waals surface area contributed by atoms with Crippen LogP contribution in [0.25, 0.3) is 0 Å². The number of amides is 2. The molecule has 1 aromatic heterocycles. The Balaban J connectivity index is 1.47. The van der Waals surface area contributed by atoms with E-state index < -0.39 is 45.9 Å². The predicted molar refractivity (Wildman–Crippen MR) is 123 cm³/mol. The SMILES string of the molecule is O=C(O)C1=C(CSc2ccc(=O)[nH]n2)CS[C@@H]2C(NC(=O)[C@H](O)c3ccccc3[N+](=O)[O-])C(=O)N12. The summed E-state index contributed by atoms with van der Waals surface area (Å²) in [4.78, 5) is 60.0. The number of nitrogens with one attached hydrogen (secondary N) is 2. The van der Waals surface area contributed by atoms with Gasteiger partial charge in [0, 0.05) is 23.6 Å². The third-order valence-electron chi connectivity index (χ3n) is 5.27. The Bertz CT molecular complexity index is 1290. The third-order valence-corrected chi connectivity index (χ3v) is 7.63. The molecule has 2 amide bonds. The third kappa shape index (κ3) is 4.78. The molecule has 1 unspecified atom stereocenters. The Labute approximate surface area is 204 Å². The number of aromatic amines is 1. The lowest BCUT2D eigenvalue weighted by atomic mass is 10.0. The van der Waals surface area contributed by atoms with Gasteiger partial charge in [-0.25, -0.2) is 9.89 Å². The normalized spacial score (nSPS) is 20.0. The van der Waals surface area contributed by atoms with Gasteiger partial charge in [-0.15, -0.1) is 23.5 Å². The summed E-state index contributed by atoms with van der Waals surface area (Å²) < 4.78 is 0. The molecule has 0 radical (unpaired) electrons. The van der Waals surface area contributed by atoms with Crippen molar-refractivity contribution in [2.45, 2.75) is 22.5 Å². The average molecular weight is 520 g/mol. The summed E-state index contributed by atoms with van der Waals surface area (Å²) in [5, 5.41) is 39.6. The molecular weight excluding hydrogens is 502 g/mol. The van der Waals surface area contributed by atoms with Crippen molar-refractivity contribution in [2.75, 3.05) is 11.5 Å². The van der Waals surface area contributed by atoms with Crippen molar-refractivity contribution < 1.29 is 29.5 Å². The number of aromatic nitrogens is 2. The number of rotatable bonds is 8. The van der Waals surface area contributed by atoms with E-state index in [-0.39, 0.29) is 28.3 Å². The highest BCUT2D eigenvalue weighted by molar-refractivity contribution is 8.01. The van der Waals surface area contributed by atoms with Gasteiger partial charge in [-0.05, 0) is 17.7 Å². The number of hydrogen-bond donors (Lipinski definition) is 4. The Morgan fingerprint density at radius 3 is 2.71 bits per heavy atom. The number of aliphatic hydroxyl groups excluding tert-OH is 1. The number of nitrogens with zero attached hydrogens (tertiary/aromatic N) is 3. The number of benzene rings is 1. The number of nitro benzene ring substituents is 1. The van der Waals surface area contributed by atoms with E-state index in [1.165, 1.54) is 53.9 Å². The smallest absolute Gasteiger partial charge is 0.352 e. The second-order valence-corrected chi connectivity index (χ2v) is 9.52. The molecule has 13 nitrogen and oxygen atoms in total. The van der Waals surface area contributed by atoms with Crippen LogP contribution in [0.3, 0.4) is 0 Å². The lowest BCUT2D eigenvalue weighted by molar-refractivity contribution is -0.386. The van der Waals surface area contributed by atoms with Crippen molar-refractivity contribution in [2.24, 2.45) is 0 Å². The number of hydrogen-bond acceptors (Lipinski definition) is 10. The summed E-state index contributed by atoms with van der Waals surface area (Å²) in [6, 6.07) is 6.88. The number of nitro groups is 1. The molecule has 1 fully saturated rings. The highest BCUT2D eigenvalue weighted by Gasteiger charge is 2.54. The zero-order valence-electron chi connectivity index (χ0n) is 17.6. The minimum absolute atomic E-state index is 0.194. The number of para-hydroxylation sites is 1. The molecule has 0 aliphatic carbocycles. The van der Waals surface area contributed by atoms with Crippen molar-refractivity contribution in [1.82, 2.24) is 20.4 Å². The number of aliphatic hydroxyl groups is 1. The van der Waals surface area contributed by atoms with Crippen LogP contribution in [0.5, 0.6) is 0 Å². The minimum atomic E-state index is -1.89. The quantitative estimate of drug-likeness (QED) is 0.161. The van der Waals surface area contributed by atoms with Gasteiger partial charge in [0.15, 0.2) is 6.10 Å². The largest absolute Gasteiger partial charge is 0.477 e. The number of H-pyrrole nitrogens is 1. The van der Waals surface area contributed by atoms with E-state index in [0.717, 1.165) is 11.0 Å². The van der Waals surface area contributed by atoms with E-state index in [2.05, 4.69) is 15.5 Å². The number of thioether (sulfide) groups is 2. The number of carbonyl (C=O) groups is 3. The molecule has 2 aliphatic heterocycles. The zero-order valence-corrected chi connectivity index (χ0v) is 19.2. The number of carboxylic acids is 1. The van der Waals surface area contributed by atoms with Crippen LogP contribution in [0.2, 0.25) is 0 Å². The van der Waals surface area contributed by atoms with Crippen molar-refractivity contribution in [3.63, 3.8) is 0 Å². The maximum Gasteiger partial charge on any atom is 0.352 e. The Morgan fingerprint density at radius 1 is 1.31 bits per heavy atom. The standard InChI is InChI=1S/C20H17N5O8S2/c26-12-5-6-13(23-22-12)34-7-9-8-35-19-14(18(29)24(19)15(9)20(30)31)21-17(28)16(27)10-3-1-2-4-11(10)25(32)33/h1-6,14,16,19,27H,7-8H2,(H,21,28)(H,22,26)(H,30,31)/t14?,16-,19-/m1/s1. The zero-order chi connectivity index (χ0) is 25.3. The summed E-state index contributed by atoms with van der Waals surface area (Å²) in [5.41, 5.74) is -0.771. The van der Waals surface area contributed by atoms with Gasteiger partial charge in [-0.3, -0.25) is 29.4 Å². The lowest BCUT2D eigenvalue weighted by Crippen LogP contribution is -2.70. The van der Waals surface area contributed by atoms with E-state index >= 15 is 0 Å². The van der Waals surface area contributed by atoms with Crippen LogP contribution in [0.15, 0.2) is 57.5 Å². The van der Waals surface area contributed by atoms with Crippen LogP contribution in [0.4, 0.5) is 5.69 Å². The lowest BCUT2D eigenvalue weighted by Gasteiger charge is -2.49. The highest BCUT2D eigenvalue weighted by Crippen LogP contribution is 2.41. The molecule has 3 heterocycles. The summed E-state index contributed by atoms with van der Waals surface area (Å²) >= 11 is 2.43. The maximum atomic E-state index is 12.8. The van der Waals surface area contributed by atoms with E-state index in [0.29, 0.717) is 10.6 Å². The van der Waals surface area contributed by atoms with E-state index in [1.54, 1.807) is 0 Å². The van der Waals surface area contributed by atoms with Crippen molar-refractivity contribution in [3.8, 4) is 0 Å². The van der Waals surface area contributed by atoms with Crippen molar-refractivity contribution in [1.29, 1.82) is 0 Å². The summed E-state index contributed by atoms with van der Waals surface area (Å²) in [7, 11) is 0.